The fraction of sp³-hybridized carbons (Fsp3) is 0.500. The molecule has 0 bridgehead atoms. The van der Waals surface area contributed by atoms with Crippen LogP contribution in [-0.4, -0.2) is 56.7 Å². The number of amides is 1. The maximum absolute atomic E-state index is 12.6. The molecule has 2 aromatic heterocycles. The summed E-state index contributed by atoms with van der Waals surface area (Å²) in [5, 5.41) is 4.24. The van der Waals surface area contributed by atoms with Crippen molar-refractivity contribution in [3.05, 3.63) is 29.7 Å². The molecule has 128 valence electrons. The molecule has 1 saturated heterocycles. The second-order valence-corrected chi connectivity index (χ2v) is 6.31. The van der Waals surface area contributed by atoms with E-state index in [2.05, 4.69) is 20.0 Å². The number of carbonyl (C=O) groups excluding carboxylic acids is 1. The number of aryl methyl sites for hydroxylation is 1. The predicted molar refractivity (Wildman–Crippen MR) is 91.9 cm³/mol. The van der Waals surface area contributed by atoms with Gasteiger partial charge in [-0.2, -0.15) is 10.1 Å². The molecule has 0 atom stereocenters. The summed E-state index contributed by atoms with van der Waals surface area (Å²) in [6, 6.07) is 2.16. The molecular weight excluding hydrogens is 306 g/mol. The monoisotopic (exact) mass is 329 g/mol. The standard InChI is InChI=1S/C16H23N7O/c1-11(2)23-10-13(9-18-23)15(24)22-6-4-21(5-7-22)14-8-12(3)19-16(17)20-14/h8-11H,4-7H2,1-3H3,(H2,17,19,20). The molecular formula is C16H23N7O. The minimum atomic E-state index is 0.0277. The minimum Gasteiger partial charge on any atom is -0.368 e. The van der Waals surface area contributed by atoms with Gasteiger partial charge in [0.1, 0.15) is 5.82 Å². The first-order valence-electron chi connectivity index (χ1n) is 8.13. The van der Waals surface area contributed by atoms with Gasteiger partial charge in [0.2, 0.25) is 5.95 Å². The molecule has 0 aromatic carbocycles. The number of anilines is 2. The second-order valence-electron chi connectivity index (χ2n) is 6.31. The molecule has 0 saturated carbocycles. The fourth-order valence-corrected chi connectivity index (χ4v) is 2.79. The van der Waals surface area contributed by atoms with Gasteiger partial charge < -0.3 is 15.5 Å². The summed E-state index contributed by atoms with van der Waals surface area (Å²) >= 11 is 0. The first kappa shape index (κ1) is 16.2. The van der Waals surface area contributed by atoms with Crippen LogP contribution < -0.4 is 10.6 Å². The zero-order valence-electron chi connectivity index (χ0n) is 14.3. The van der Waals surface area contributed by atoms with Crippen molar-refractivity contribution < 1.29 is 4.79 Å². The third-order valence-corrected chi connectivity index (χ3v) is 4.13. The molecule has 2 aromatic rings. The number of nitrogens with zero attached hydrogens (tertiary/aromatic N) is 6. The summed E-state index contributed by atoms with van der Waals surface area (Å²) in [4.78, 5) is 25.0. The number of carbonyl (C=O) groups is 1. The zero-order chi connectivity index (χ0) is 17.3. The van der Waals surface area contributed by atoms with Crippen LogP contribution in [0.15, 0.2) is 18.5 Å². The molecule has 8 nitrogen and oxygen atoms in total. The summed E-state index contributed by atoms with van der Waals surface area (Å²) in [5.74, 6) is 1.13. The van der Waals surface area contributed by atoms with E-state index in [0.717, 1.165) is 24.6 Å². The molecule has 1 aliphatic rings. The highest BCUT2D eigenvalue weighted by Gasteiger charge is 2.24. The summed E-state index contributed by atoms with van der Waals surface area (Å²) in [6.45, 7) is 8.71. The maximum atomic E-state index is 12.6. The lowest BCUT2D eigenvalue weighted by molar-refractivity contribution is 0.0746. The highest BCUT2D eigenvalue weighted by Crippen LogP contribution is 2.17. The van der Waals surface area contributed by atoms with E-state index < -0.39 is 0 Å². The Bertz CT molecular complexity index is 712. The number of hydrogen-bond acceptors (Lipinski definition) is 6. The molecule has 2 N–H and O–H groups in total. The van der Waals surface area contributed by atoms with Crippen molar-refractivity contribution in [2.45, 2.75) is 26.8 Å². The maximum Gasteiger partial charge on any atom is 0.257 e. The molecule has 3 rings (SSSR count). The highest BCUT2D eigenvalue weighted by molar-refractivity contribution is 5.93. The van der Waals surface area contributed by atoms with Crippen LogP contribution in [0.5, 0.6) is 0 Å². The van der Waals surface area contributed by atoms with Crippen LogP contribution in [0, 0.1) is 6.92 Å². The number of hydrogen-bond donors (Lipinski definition) is 1. The number of rotatable bonds is 3. The third-order valence-electron chi connectivity index (χ3n) is 4.13. The SMILES string of the molecule is Cc1cc(N2CCN(C(=O)c3cnn(C(C)C)c3)CC2)nc(N)n1. The Labute approximate surface area is 141 Å². The van der Waals surface area contributed by atoms with E-state index in [1.54, 1.807) is 10.9 Å². The van der Waals surface area contributed by atoms with Gasteiger partial charge >= 0.3 is 0 Å². The van der Waals surface area contributed by atoms with Crippen molar-refractivity contribution in [1.29, 1.82) is 0 Å². The van der Waals surface area contributed by atoms with E-state index in [0.29, 0.717) is 18.7 Å². The Balaban J connectivity index is 1.64. The van der Waals surface area contributed by atoms with E-state index in [1.165, 1.54) is 0 Å². The fourth-order valence-electron chi connectivity index (χ4n) is 2.79. The smallest absolute Gasteiger partial charge is 0.257 e. The summed E-state index contributed by atoms with van der Waals surface area (Å²) in [6.07, 6.45) is 3.46. The average Bonchev–Trinajstić information content (AvgIpc) is 3.03. The molecule has 24 heavy (non-hydrogen) atoms. The van der Waals surface area contributed by atoms with Gasteiger partial charge in [-0.25, -0.2) is 4.98 Å². The van der Waals surface area contributed by atoms with Crippen LogP contribution in [-0.2, 0) is 0 Å². The second kappa shape index (κ2) is 6.46. The Kier molecular flexibility index (Phi) is 4.37. The molecule has 0 aliphatic carbocycles. The number of piperazine rings is 1. The van der Waals surface area contributed by atoms with Gasteiger partial charge in [0.15, 0.2) is 0 Å². The lowest BCUT2D eigenvalue weighted by atomic mass is 10.2. The molecule has 3 heterocycles. The van der Waals surface area contributed by atoms with E-state index >= 15 is 0 Å². The Morgan fingerprint density at radius 2 is 1.92 bits per heavy atom. The summed E-state index contributed by atoms with van der Waals surface area (Å²) in [7, 11) is 0. The van der Waals surface area contributed by atoms with Gasteiger partial charge in [0.05, 0.1) is 11.8 Å². The number of aromatic nitrogens is 4. The quantitative estimate of drug-likeness (QED) is 0.906. The first-order chi connectivity index (χ1) is 11.4. The van der Waals surface area contributed by atoms with Crippen LogP contribution in [0.4, 0.5) is 11.8 Å². The van der Waals surface area contributed by atoms with Crippen molar-refractivity contribution in [3.8, 4) is 0 Å². The van der Waals surface area contributed by atoms with Gasteiger partial charge in [-0.15, -0.1) is 0 Å². The van der Waals surface area contributed by atoms with Gasteiger partial charge in [-0.3, -0.25) is 9.48 Å². The zero-order valence-corrected chi connectivity index (χ0v) is 14.3. The highest BCUT2D eigenvalue weighted by atomic mass is 16.2. The molecule has 1 amide bonds. The van der Waals surface area contributed by atoms with Crippen LogP contribution >= 0.6 is 0 Å². The van der Waals surface area contributed by atoms with Crippen LogP contribution in [0.3, 0.4) is 0 Å². The first-order valence-corrected chi connectivity index (χ1v) is 8.13. The van der Waals surface area contributed by atoms with Crippen LogP contribution in [0.2, 0.25) is 0 Å². The molecule has 0 spiro atoms. The lowest BCUT2D eigenvalue weighted by Gasteiger charge is -2.35. The Hall–Kier alpha value is -2.64. The van der Waals surface area contributed by atoms with Crippen molar-refractivity contribution >= 4 is 17.7 Å². The van der Waals surface area contributed by atoms with Crippen molar-refractivity contribution in [1.82, 2.24) is 24.6 Å². The van der Waals surface area contributed by atoms with E-state index in [1.807, 2.05) is 37.9 Å². The lowest BCUT2D eigenvalue weighted by Crippen LogP contribution is -2.49. The Morgan fingerprint density at radius 1 is 1.21 bits per heavy atom. The number of nitrogens with two attached hydrogens (primary N) is 1. The van der Waals surface area contributed by atoms with Gasteiger partial charge in [0, 0.05) is 50.2 Å². The van der Waals surface area contributed by atoms with Gasteiger partial charge in [-0.1, -0.05) is 0 Å². The predicted octanol–water partition coefficient (Wildman–Crippen LogP) is 1.11. The van der Waals surface area contributed by atoms with Gasteiger partial charge in [0.25, 0.3) is 5.91 Å². The van der Waals surface area contributed by atoms with Crippen molar-refractivity contribution in [2.24, 2.45) is 0 Å². The van der Waals surface area contributed by atoms with Crippen molar-refractivity contribution in [3.63, 3.8) is 0 Å². The molecule has 1 fully saturated rings. The molecule has 0 radical (unpaired) electrons. The molecule has 8 heteroatoms. The van der Waals surface area contributed by atoms with Crippen LogP contribution in [0.1, 0.15) is 35.9 Å². The van der Waals surface area contributed by atoms with Crippen LogP contribution in [0.25, 0.3) is 0 Å². The van der Waals surface area contributed by atoms with Crippen molar-refractivity contribution in [2.75, 3.05) is 36.8 Å². The average molecular weight is 329 g/mol. The Morgan fingerprint density at radius 3 is 2.50 bits per heavy atom. The summed E-state index contributed by atoms with van der Waals surface area (Å²) < 4.78 is 1.80. The van der Waals surface area contributed by atoms with E-state index in [9.17, 15) is 4.79 Å². The number of nitrogen functional groups attached to an aromatic ring is 1. The van der Waals surface area contributed by atoms with Gasteiger partial charge in [-0.05, 0) is 20.8 Å². The normalized spacial score (nSPS) is 15.2. The molecule has 1 aliphatic heterocycles. The van der Waals surface area contributed by atoms with E-state index in [-0.39, 0.29) is 17.9 Å². The summed E-state index contributed by atoms with van der Waals surface area (Å²) in [5.41, 5.74) is 7.20. The minimum absolute atomic E-state index is 0.0277. The third kappa shape index (κ3) is 3.32. The largest absolute Gasteiger partial charge is 0.368 e. The topological polar surface area (TPSA) is 93.2 Å². The van der Waals surface area contributed by atoms with E-state index in [4.69, 9.17) is 5.73 Å². The molecule has 0 unspecified atom stereocenters.